The number of rotatable bonds is 1. The molecule has 1 aromatic carbocycles. The van der Waals surface area contributed by atoms with E-state index in [2.05, 4.69) is 22.9 Å². The van der Waals surface area contributed by atoms with E-state index in [1.165, 1.54) is 6.07 Å². The van der Waals surface area contributed by atoms with Gasteiger partial charge in [-0.1, -0.05) is 6.92 Å². The first kappa shape index (κ1) is 11.4. The predicted molar refractivity (Wildman–Crippen MR) is 63.7 cm³/mol. The average molecular weight is 286 g/mol. The van der Waals surface area contributed by atoms with Crippen LogP contribution in [-0.4, -0.2) is 10.0 Å². The highest BCUT2D eigenvalue weighted by Gasteiger charge is 2.26. The standard InChI is InChI=1S/C11H12BrNO3/c1-6-2-3-8-7(4-6)5-9(13(15)16)11(14)10(8)12/h5-6,14H,2-4H2,1H3. The van der Waals surface area contributed by atoms with Gasteiger partial charge in [0.25, 0.3) is 0 Å². The number of hydrogen-bond donors (Lipinski definition) is 1. The van der Waals surface area contributed by atoms with E-state index in [4.69, 9.17) is 0 Å². The lowest BCUT2D eigenvalue weighted by Gasteiger charge is -2.22. The van der Waals surface area contributed by atoms with Gasteiger partial charge in [-0.2, -0.15) is 0 Å². The van der Waals surface area contributed by atoms with Gasteiger partial charge in [-0.25, -0.2) is 0 Å². The van der Waals surface area contributed by atoms with Crippen molar-refractivity contribution in [2.75, 3.05) is 0 Å². The van der Waals surface area contributed by atoms with Crippen molar-refractivity contribution in [2.45, 2.75) is 26.2 Å². The minimum atomic E-state index is -0.542. The Morgan fingerprint density at radius 1 is 1.62 bits per heavy atom. The summed E-state index contributed by atoms with van der Waals surface area (Å²) >= 11 is 3.25. The lowest BCUT2D eigenvalue weighted by Crippen LogP contribution is -2.12. The minimum Gasteiger partial charge on any atom is -0.501 e. The topological polar surface area (TPSA) is 63.4 Å². The molecule has 1 aromatic rings. The maximum Gasteiger partial charge on any atom is 0.312 e. The summed E-state index contributed by atoms with van der Waals surface area (Å²) in [5, 5.41) is 20.5. The Morgan fingerprint density at radius 2 is 2.31 bits per heavy atom. The van der Waals surface area contributed by atoms with E-state index in [1.807, 2.05) is 0 Å². The Balaban J connectivity index is 2.59. The summed E-state index contributed by atoms with van der Waals surface area (Å²) in [6, 6.07) is 1.51. The van der Waals surface area contributed by atoms with Gasteiger partial charge in [0, 0.05) is 6.07 Å². The number of halogens is 1. The maximum absolute atomic E-state index is 10.8. The van der Waals surface area contributed by atoms with Crippen LogP contribution in [-0.2, 0) is 12.8 Å². The summed E-state index contributed by atoms with van der Waals surface area (Å²) in [6.07, 6.45) is 2.76. The minimum absolute atomic E-state index is 0.209. The molecule has 0 saturated heterocycles. The highest BCUT2D eigenvalue weighted by molar-refractivity contribution is 9.10. The molecule has 2 rings (SSSR count). The molecule has 1 aliphatic carbocycles. The fourth-order valence-corrected chi connectivity index (χ4v) is 2.83. The van der Waals surface area contributed by atoms with Gasteiger partial charge >= 0.3 is 5.69 Å². The Kier molecular flexibility index (Phi) is 2.88. The number of nitro benzene ring substituents is 1. The Labute approximate surface area is 102 Å². The van der Waals surface area contributed by atoms with Crippen LogP contribution in [0.2, 0.25) is 0 Å². The summed E-state index contributed by atoms with van der Waals surface area (Å²) in [5.74, 6) is 0.293. The van der Waals surface area contributed by atoms with Gasteiger partial charge in [0.05, 0.1) is 9.40 Å². The average Bonchev–Trinajstić information content (AvgIpc) is 2.22. The summed E-state index contributed by atoms with van der Waals surface area (Å²) in [5.41, 5.74) is 1.79. The highest BCUT2D eigenvalue weighted by atomic mass is 79.9. The zero-order valence-corrected chi connectivity index (χ0v) is 10.5. The van der Waals surface area contributed by atoms with Crippen molar-refractivity contribution in [1.29, 1.82) is 0 Å². The molecule has 4 nitrogen and oxygen atoms in total. The smallest absolute Gasteiger partial charge is 0.312 e. The molecule has 1 N–H and O–H groups in total. The first-order valence-corrected chi connectivity index (χ1v) is 5.97. The van der Waals surface area contributed by atoms with Crippen molar-refractivity contribution in [2.24, 2.45) is 5.92 Å². The lowest BCUT2D eigenvalue weighted by atomic mass is 9.84. The maximum atomic E-state index is 10.8. The van der Waals surface area contributed by atoms with E-state index < -0.39 is 4.92 Å². The van der Waals surface area contributed by atoms with Gasteiger partial charge in [-0.3, -0.25) is 10.1 Å². The van der Waals surface area contributed by atoms with Crippen molar-refractivity contribution < 1.29 is 10.0 Å². The Hall–Kier alpha value is -1.10. The summed E-state index contributed by atoms with van der Waals surface area (Å²) in [7, 11) is 0. The monoisotopic (exact) mass is 285 g/mol. The number of phenols is 1. The van der Waals surface area contributed by atoms with Crippen LogP contribution in [0.3, 0.4) is 0 Å². The quantitative estimate of drug-likeness (QED) is 0.637. The number of hydrogen-bond acceptors (Lipinski definition) is 3. The fraction of sp³-hybridized carbons (Fsp3) is 0.455. The third-order valence-corrected chi connectivity index (χ3v) is 3.92. The zero-order chi connectivity index (χ0) is 11.9. The molecular weight excluding hydrogens is 274 g/mol. The number of nitro groups is 1. The molecular formula is C11H12BrNO3. The molecule has 5 heteroatoms. The van der Waals surface area contributed by atoms with Crippen LogP contribution < -0.4 is 0 Å². The molecule has 0 fully saturated rings. The molecule has 0 spiro atoms. The molecule has 0 aliphatic heterocycles. The van der Waals surface area contributed by atoms with Crippen LogP contribution in [0.5, 0.6) is 5.75 Å². The molecule has 1 unspecified atom stereocenters. The van der Waals surface area contributed by atoms with Crippen LogP contribution in [0, 0.1) is 16.0 Å². The number of phenolic OH excluding ortho intramolecular Hbond substituents is 1. The van der Waals surface area contributed by atoms with Crippen molar-refractivity contribution in [3.05, 3.63) is 31.8 Å². The van der Waals surface area contributed by atoms with Crippen LogP contribution >= 0.6 is 15.9 Å². The molecule has 1 atom stereocenters. The summed E-state index contributed by atoms with van der Waals surface area (Å²) < 4.78 is 0.489. The van der Waals surface area contributed by atoms with Gasteiger partial charge < -0.3 is 5.11 Å². The van der Waals surface area contributed by atoms with E-state index in [9.17, 15) is 15.2 Å². The number of aromatic hydroxyl groups is 1. The van der Waals surface area contributed by atoms with Gasteiger partial charge in [-0.15, -0.1) is 0 Å². The highest BCUT2D eigenvalue weighted by Crippen LogP contribution is 2.42. The van der Waals surface area contributed by atoms with Crippen LogP contribution in [0.25, 0.3) is 0 Å². The lowest BCUT2D eigenvalue weighted by molar-refractivity contribution is -0.386. The van der Waals surface area contributed by atoms with Gasteiger partial charge in [-0.05, 0) is 52.2 Å². The van der Waals surface area contributed by atoms with Gasteiger partial charge in [0.1, 0.15) is 0 Å². The van der Waals surface area contributed by atoms with Gasteiger partial charge in [0.2, 0.25) is 5.75 Å². The molecule has 0 aromatic heterocycles. The van der Waals surface area contributed by atoms with Crippen LogP contribution in [0.15, 0.2) is 10.5 Å². The number of benzene rings is 1. The molecule has 0 bridgehead atoms. The fourth-order valence-electron chi connectivity index (χ4n) is 2.18. The molecule has 86 valence electrons. The zero-order valence-electron chi connectivity index (χ0n) is 8.86. The van der Waals surface area contributed by atoms with Crippen molar-refractivity contribution in [3.63, 3.8) is 0 Å². The van der Waals surface area contributed by atoms with Crippen LogP contribution in [0.4, 0.5) is 5.69 Å². The van der Waals surface area contributed by atoms with Gasteiger partial charge in [0.15, 0.2) is 0 Å². The third-order valence-electron chi connectivity index (χ3n) is 3.07. The molecule has 16 heavy (non-hydrogen) atoms. The Bertz CT molecular complexity index is 459. The van der Waals surface area contributed by atoms with Crippen molar-refractivity contribution in [1.82, 2.24) is 0 Å². The summed E-state index contributed by atoms with van der Waals surface area (Å²) in [4.78, 5) is 10.2. The second-order valence-corrected chi connectivity index (χ2v) is 5.09. The number of fused-ring (bicyclic) bond motifs is 1. The Morgan fingerprint density at radius 3 is 2.94 bits per heavy atom. The molecule has 0 heterocycles. The van der Waals surface area contributed by atoms with Crippen molar-refractivity contribution in [3.8, 4) is 5.75 Å². The van der Waals surface area contributed by atoms with Crippen LogP contribution in [0.1, 0.15) is 24.5 Å². The van der Waals surface area contributed by atoms with E-state index >= 15 is 0 Å². The van der Waals surface area contributed by atoms with Crippen molar-refractivity contribution >= 4 is 21.6 Å². The van der Waals surface area contributed by atoms with E-state index in [0.29, 0.717) is 10.4 Å². The SMILES string of the molecule is CC1CCc2c(cc([N+](=O)[O-])c(O)c2Br)C1. The second-order valence-electron chi connectivity index (χ2n) is 4.30. The predicted octanol–water partition coefficient (Wildman–Crippen LogP) is 3.19. The van der Waals surface area contributed by atoms with E-state index in [0.717, 1.165) is 30.4 Å². The molecule has 0 saturated carbocycles. The normalized spacial score (nSPS) is 19.2. The molecule has 1 aliphatic rings. The molecule has 0 radical (unpaired) electrons. The molecule has 0 amide bonds. The summed E-state index contributed by atoms with van der Waals surface area (Å²) in [6.45, 7) is 2.13. The second kappa shape index (κ2) is 4.05. The van der Waals surface area contributed by atoms with E-state index in [1.54, 1.807) is 0 Å². The first-order valence-electron chi connectivity index (χ1n) is 5.18. The number of nitrogens with zero attached hydrogens (tertiary/aromatic N) is 1. The first-order chi connectivity index (χ1) is 7.50. The largest absolute Gasteiger partial charge is 0.501 e. The third kappa shape index (κ3) is 1.80. The van der Waals surface area contributed by atoms with E-state index in [-0.39, 0.29) is 11.4 Å².